The van der Waals surface area contributed by atoms with E-state index in [1.165, 1.54) is 18.2 Å². The molecule has 3 N–H and O–H groups in total. The highest BCUT2D eigenvalue weighted by atomic mass is 19.1. The highest BCUT2D eigenvalue weighted by Gasteiger charge is 2.19. The van der Waals surface area contributed by atoms with Crippen LogP contribution in [0, 0.1) is 11.7 Å². The van der Waals surface area contributed by atoms with Gasteiger partial charge in [0.1, 0.15) is 11.9 Å². The Kier molecular flexibility index (Phi) is 5.48. The van der Waals surface area contributed by atoms with E-state index in [-0.39, 0.29) is 24.1 Å². The second-order valence-corrected chi connectivity index (χ2v) is 4.96. The van der Waals surface area contributed by atoms with Gasteiger partial charge in [-0.25, -0.2) is 4.39 Å². The van der Waals surface area contributed by atoms with E-state index < -0.39 is 11.9 Å². The number of nitrogens with two attached hydrogens (primary N) is 1. The summed E-state index contributed by atoms with van der Waals surface area (Å²) in [6.45, 7) is 3.88. The smallest absolute Gasteiger partial charge is 0.240 e. The van der Waals surface area contributed by atoms with Crippen LogP contribution in [0.15, 0.2) is 24.3 Å². The second kappa shape index (κ2) is 6.87. The first kappa shape index (κ1) is 15.1. The van der Waals surface area contributed by atoms with E-state index in [9.17, 15) is 14.0 Å². The lowest BCUT2D eigenvalue weighted by Crippen LogP contribution is -2.45. The minimum absolute atomic E-state index is 0.0274. The van der Waals surface area contributed by atoms with Crippen molar-refractivity contribution in [2.75, 3.05) is 0 Å². The van der Waals surface area contributed by atoms with Crippen LogP contribution < -0.4 is 11.1 Å². The van der Waals surface area contributed by atoms with Crippen molar-refractivity contribution in [1.82, 2.24) is 5.32 Å². The SMILES string of the molecule is CC(C)C[C@H](NC(=O)Cc1cccc(F)c1)C(N)=O. The van der Waals surface area contributed by atoms with E-state index in [1.807, 2.05) is 13.8 Å². The Bertz CT molecular complexity index is 461. The molecule has 1 aromatic rings. The average Bonchev–Trinajstić information content (AvgIpc) is 2.27. The Hall–Kier alpha value is -1.91. The molecule has 5 heteroatoms. The molecule has 1 rings (SSSR count). The molecule has 1 atom stereocenters. The maximum atomic E-state index is 13.0. The molecule has 1 aromatic carbocycles. The summed E-state index contributed by atoms with van der Waals surface area (Å²) in [5.41, 5.74) is 5.80. The minimum Gasteiger partial charge on any atom is -0.368 e. The Morgan fingerprint density at radius 3 is 2.58 bits per heavy atom. The molecule has 0 heterocycles. The molecule has 0 spiro atoms. The van der Waals surface area contributed by atoms with Crippen molar-refractivity contribution in [3.8, 4) is 0 Å². The molecule has 0 aliphatic heterocycles. The highest BCUT2D eigenvalue weighted by molar-refractivity contribution is 5.87. The molecule has 19 heavy (non-hydrogen) atoms. The van der Waals surface area contributed by atoms with Gasteiger partial charge in [-0.15, -0.1) is 0 Å². The Labute approximate surface area is 112 Å². The van der Waals surface area contributed by atoms with Gasteiger partial charge < -0.3 is 11.1 Å². The molecular formula is C14H19FN2O2. The van der Waals surface area contributed by atoms with Gasteiger partial charge in [-0.2, -0.15) is 0 Å². The van der Waals surface area contributed by atoms with E-state index in [0.29, 0.717) is 12.0 Å². The molecule has 0 aromatic heterocycles. The summed E-state index contributed by atoms with van der Waals surface area (Å²) in [5, 5.41) is 2.58. The summed E-state index contributed by atoms with van der Waals surface area (Å²) in [7, 11) is 0. The highest BCUT2D eigenvalue weighted by Crippen LogP contribution is 2.07. The average molecular weight is 266 g/mol. The maximum absolute atomic E-state index is 13.0. The summed E-state index contributed by atoms with van der Waals surface area (Å²) >= 11 is 0. The lowest BCUT2D eigenvalue weighted by atomic mass is 10.0. The van der Waals surface area contributed by atoms with Crippen molar-refractivity contribution >= 4 is 11.8 Å². The normalized spacial score (nSPS) is 12.2. The lowest BCUT2D eigenvalue weighted by Gasteiger charge is -2.17. The van der Waals surface area contributed by atoms with Gasteiger partial charge in [-0.05, 0) is 30.0 Å². The number of primary amides is 1. The second-order valence-electron chi connectivity index (χ2n) is 4.96. The quantitative estimate of drug-likeness (QED) is 0.816. The van der Waals surface area contributed by atoms with E-state index in [0.717, 1.165) is 0 Å². The van der Waals surface area contributed by atoms with Crippen LogP contribution in [0.1, 0.15) is 25.8 Å². The minimum atomic E-state index is -0.680. The largest absolute Gasteiger partial charge is 0.368 e. The molecule has 0 radical (unpaired) electrons. The first-order valence-corrected chi connectivity index (χ1v) is 6.21. The van der Waals surface area contributed by atoms with Crippen LogP contribution in [0.3, 0.4) is 0 Å². The summed E-state index contributed by atoms with van der Waals surface area (Å²) in [5.74, 6) is -1.04. The summed E-state index contributed by atoms with van der Waals surface area (Å²) in [6.07, 6.45) is 0.518. The number of rotatable bonds is 6. The molecule has 2 amide bonds. The third-order valence-electron chi connectivity index (χ3n) is 2.64. The van der Waals surface area contributed by atoms with Gasteiger partial charge >= 0.3 is 0 Å². The lowest BCUT2D eigenvalue weighted by molar-refractivity contribution is -0.127. The standard InChI is InChI=1S/C14H19FN2O2/c1-9(2)6-12(14(16)19)17-13(18)8-10-4-3-5-11(15)7-10/h3-5,7,9,12H,6,8H2,1-2H3,(H2,16,19)(H,17,18)/t12-/m0/s1. The van der Waals surface area contributed by atoms with Crippen LogP contribution in [-0.2, 0) is 16.0 Å². The topological polar surface area (TPSA) is 72.2 Å². The summed E-state index contributed by atoms with van der Waals surface area (Å²) < 4.78 is 13.0. The summed E-state index contributed by atoms with van der Waals surface area (Å²) in [4.78, 5) is 23.0. The number of carbonyl (C=O) groups excluding carboxylic acids is 2. The van der Waals surface area contributed by atoms with Crippen molar-refractivity contribution < 1.29 is 14.0 Å². The number of halogens is 1. The van der Waals surface area contributed by atoms with E-state index >= 15 is 0 Å². The summed E-state index contributed by atoms with van der Waals surface area (Å²) in [6, 6.07) is 5.12. The number of carbonyl (C=O) groups is 2. The first-order valence-electron chi connectivity index (χ1n) is 6.21. The molecular weight excluding hydrogens is 247 g/mol. The molecule has 0 unspecified atom stereocenters. The number of hydrogen-bond donors (Lipinski definition) is 2. The van der Waals surface area contributed by atoms with E-state index in [2.05, 4.69) is 5.32 Å². The number of hydrogen-bond acceptors (Lipinski definition) is 2. The van der Waals surface area contributed by atoms with E-state index in [1.54, 1.807) is 6.07 Å². The van der Waals surface area contributed by atoms with E-state index in [4.69, 9.17) is 5.73 Å². The van der Waals surface area contributed by atoms with Crippen molar-refractivity contribution in [3.63, 3.8) is 0 Å². The van der Waals surface area contributed by atoms with Gasteiger partial charge in [0, 0.05) is 0 Å². The Balaban J connectivity index is 2.60. The molecule has 4 nitrogen and oxygen atoms in total. The van der Waals surface area contributed by atoms with Gasteiger partial charge in [0.05, 0.1) is 6.42 Å². The molecule has 0 aliphatic rings. The van der Waals surface area contributed by atoms with Gasteiger partial charge in [-0.1, -0.05) is 26.0 Å². The van der Waals surface area contributed by atoms with Crippen LogP contribution in [0.2, 0.25) is 0 Å². The van der Waals surface area contributed by atoms with Gasteiger partial charge in [0.25, 0.3) is 0 Å². The number of benzene rings is 1. The fourth-order valence-electron chi connectivity index (χ4n) is 1.80. The first-order chi connectivity index (χ1) is 8.88. The molecule has 0 saturated heterocycles. The van der Waals surface area contributed by atoms with Crippen molar-refractivity contribution in [3.05, 3.63) is 35.6 Å². The fourth-order valence-corrected chi connectivity index (χ4v) is 1.80. The Morgan fingerprint density at radius 2 is 2.05 bits per heavy atom. The molecule has 104 valence electrons. The zero-order chi connectivity index (χ0) is 14.4. The predicted molar refractivity (Wildman–Crippen MR) is 70.7 cm³/mol. The van der Waals surface area contributed by atoms with Gasteiger partial charge in [0.15, 0.2) is 0 Å². The van der Waals surface area contributed by atoms with Crippen LogP contribution in [0.4, 0.5) is 4.39 Å². The zero-order valence-electron chi connectivity index (χ0n) is 11.2. The van der Waals surface area contributed by atoms with Crippen LogP contribution in [0.5, 0.6) is 0 Å². The van der Waals surface area contributed by atoms with Crippen LogP contribution in [-0.4, -0.2) is 17.9 Å². The van der Waals surface area contributed by atoms with Crippen molar-refractivity contribution in [2.24, 2.45) is 11.7 Å². The van der Waals surface area contributed by atoms with Crippen LogP contribution >= 0.6 is 0 Å². The van der Waals surface area contributed by atoms with Crippen LogP contribution in [0.25, 0.3) is 0 Å². The van der Waals surface area contributed by atoms with Gasteiger partial charge in [-0.3, -0.25) is 9.59 Å². The third kappa shape index (κ3) is 5.50. The number of nitrogens with one attached hydrogen (secondary N) is 1. The maximum Gasteiger partial charge on any atom is 0.240 e. The monoisotopic (exact) mass is 266 g/mol. The van der Waals surface area contributed by atoms with Crippen molar-refractivity contribution in [1.29, 1.82) is 0 Å². The predicted octanol–water partition coefficient (Wildman–Crippen LogP) is 1.38. The van der Waals surface area contributed by atoms with Crippen molar-refractivity contribution in [2.45, 2.75) is 32.7 Å². The third-order valence-corrected chi connectivity index (χ3v) is 2.64. The molecule has 0 bridgehead atoms. The Morgan fingerprint density at radius 1 is 1.37 bits per heavy atom. The number of amides is 2. The van der Waals surface area contributed by atoms with Gasteiger partial charge in [0.2, 0.25) is 11.8 Å². The molecule has 0 saturated carbocycles. The fraction of sp³-hybridized carbons (Fsp3) is 0.429. The zero-order valence-corrected chi connectivity index (χ0v) is 11.2. The molecule has 0 aliphatic carbocycles. The molecule has 0 fully saturated rings.